The number of nitrogens with two attached hydrogens (primary N) is 1. The van der Waals surface area contributed by atoms with Gasteiger partial charge in [0, 0.05) is 6.07 Å². The molecule has 23 heavy (non-hydrogen) atoms. The Hall–Kier alpha value is -2.38. The number of rotatable bonds is 5. The summed E-state index contributed by atoms with van der Waals surface area (Å²) in [5.41, 5.74) is 4.41. The van der Waals surface area contributed by atoms with E-state index < -0.39 is 22.1 Å². The Kier molecular flexibility index (Phi) is 5.36. The first-order valence-electron chi connectivity index (χ1n) is 7.49. The van der Waals surface area contributed by atoms with Crippen LogP contribution in [0.1, 0.15) is 32.6 Å². The van der Waals surface area contributed by atoms with Gasteiger partial charge < -0.3 is 15.2 Å². The summed E-state index contributed by atoms with van der Waals surface area (Å²) in [6.07, 6.45) is 2.12. The Morgan fingerprint density at radius 3 is 2.61 bits per heavy atom. The number of hydrogen-bond acceptors (Lipinski definition) is 6. The Labute approximate surface area is 132 Å². The summed E-state index contributed by atoms with van der Waals surface area (Å²) in [5.74, 6) is -1.39. The number of carbonyl (C=O) groups excluding carboxylic acids is 1. The molecule has 0 spiro atoms. The van der Waals surface area contributed by atoms with Crippen molar-refractivity contribution in [2.75, 3.05) is 12.3 Å². The van der Waals surface area contributed by atoms with Crippen LogP contribution in [0.2, 0.25) is 0 Å². The molecule has 1 aromatic rings. The number of benzene rings is 1. The summed E-state index contributed by atoms with van der Waals surface area (Å²) < 4.78 is 24.6. The fourth-order valence-corrected chi connectivity index (χ4v) is 2.67. The highest BCUT2D eigenvalue weighted by Crippen LogP contribution is 2.34. The zero-order valence-electron chi connectivity index (χ0n) is 12.8. The number of nitrogen functional groups attached to an aromatic ring is 1. The summed E-state index contributed by atoms with van der Waals surface area (Å²) in [6, 6.07) is 2.33. The second-order valence-electron chi connectivity index (χ2n) is 5.41. The van der Waals surface area contributed by atoms with Crippen LogP contribution in [0.25, 0.3) is 0 Å². The lowest BCUT2D eigenvalue weighted by atomic mass is 9.87. The first-order chi connectivity index (χ1) is 10.9. The quantitative estimate of drug-likeness (QED) is 0.386. The monoisotopic (exact) mass is 326 g/mol. The SMILES string of the molecule is CCOC(=O)[C@H]1CC[C@@H](Oc2ccc([N+](=O)[O-])c(N)c2F)CC1. The Balaban J connectivity index is 1.98. The van der Waals surface area contributed by atoms with Gasteiger partial charge in [0.1, 0.15) is 0 Å². The van der Waals surface area contributed by atoms with E-state index in [1.165, 1.54) is 6.07 Å². The first-order valence-corrected chi connectivity index (χ1v) is 7.49. The molecule has 0 atom stereocenters. The molecule has 0 aliphatic heterocycles. The van der Waals surface area contributed by atoms with Gasteiger partial charge in [0.2, 0.25) is 0 Å². The molecular weight excluding hydrogens is 307 g/mol. The molecular formula is C15H19FN2O5. The normalized spacial score (nSPS) is 20.8. The van der Waals surface area contributed by atoms with E-state index in [0.717, 1.165) is 6.07 Å². The topological polar surface area (TPSA) is 105 Å². The predicted molar refractivity (Wildman–Crippen MR) is 80.5 cm³/mol. The van der Waals surface area contributed by atoms with Gasteiger partial charge in [-0.05, 0) is 38.7 Å². The van der Waals surface area contributed by atoms with Gasteiger partial charge in [-0.2, -0.15) is 0 Å². The maximum atomic E-state index is 14.1. The Morgan fingerprint density at radius 1 is 1.39 bits per heavy atom. The number of carbonyl (C=O) groups is 1. The third-order valence-electron chi connectivity index (χ3n) is 3.91. The lowest BCUT2D eigenvalue weighted by molar-refractivity contribution is -0.384. The van der Waals surface area contributed by atoms with Crippen molar-refractivity contribution in [3.05, 3.63) is 28.1 Å². The molecule has 0 unspecified atom stereocenters. The van der Waals surface area contributed by atoms with Gasteiger partial charge in [-0.25, -0.2) is 4.39 Å². The number of esters is 1. The van der Waals surface area contributed by atoms with Crippen molar-refractivity contribution in [1.82, 2.24) is 0 Å². The average molecular weight is 326 g/mol. The van der Waals surface area contributed by atoms with Gasteiger partial charge in [0.25, 0.3) is 5.69 Å². The van der Waals surface area contributed by atoms with E-state index in [0.29, 0.717) is 32.3 Å². The Morgan fingerprint density at radius 2 is 2.04 bits per heavy atom. The number of halogens is 1. The molecule has 1 fully saturated rings. The van der Waals surface area contributed by atoms with Gasteiger partial charge >= 0.3 is 5.97 Å². The third kappa shape index (κ3) is 3.88. The summed E-state index contributed by atoms with van der Waals surface area (Å²) in [5, 5.41) is 10.7. The second-order valence-corrected chi connectivity index (χ2v) is 5.41. The minimum atomic E-state index is -0.924. The van der Waals surface area contributed by atoms with Crippen LogP contribution in [0.3, 0.4) is 0 Å². The van der Waals surface area contributed by atoms with Crippen LogP contribution >= 0.6 is 0 Å². The van der Waals surface area contributed by atoms with Crippen molar-refractivity contribution < 1.29 is 23.6 Å². The van der Waals surface area contributed by atoms with Gasteiger partial charge in [0.15, 0.2) is 17.3 Å². The zero-order chi connectivity index (χ0) is 17.0. The third-order valence-corrected chi connectivity index (χ3v) is 3.91. The van der Waals surface area contributed by atoms with Crippen molar-refractivity contribution in [1.29, 1.82) is 0 Å². The molecule has 0 heterocycles. The standard InChI is InChI=1S/C15H19FN2O5/c1-2-22-15(19)9-3-5-10(6-4-9)23-12-8-7-11(18(20)21)14(17)13(12)16/h7-10H,2-6,17H2,1H3/t9-,10+. The molecule has 7 nitrogen and oxygen atoms in total. The highest BCUT2D eigenvalue weighted by atomic mass is 19.1. The van der Waals surface area contributed by atoms with Crippen molar-refractivity contribution in [3.63, 3.8) is 0 Å². The number of nitro benzene ring substituents is 1. The van der Waals surface area contributed by atoms with E-state index in [2.05, 4.69) is 0 Å². The molecule has 0 bridgehead atoms. The lowest BCUT2D eigenvalue weighted by Crippen LogP contribution is -2.29. The molecule has 8 heteroatoms. The van der Waals surface area contributed by atoms with E-state index in [-0.39, 0.29) is 23.7 Å². The van der Waals surface area contributed by atoms with E-state index in [4.69, 9.17) is 15.2 Å². The Bertz CT molecular complexity index is 600. The maximum Gasteiger partial charge on any atom is 0.308 e. The zero-order valence-corrected chi connectivity index (χ0v) is 12.8. The fraction of sp³-hybridized carbons (Fsp3) is 0.533. The number of nitrogens with zero attached hydrogens (tertiary/aromatic N) is 1. The summed E-state index contributed by atoms with van der Waals surface area (Å²) in [4.78, 5) is 21.6. The van der Waals surface area contributed by atoms with Gasteiger partial charge in [0.05, 0.1) is 23.6 Å². The summed E-state index contributed by atoms with van der Waals surface area (Å²) >= 11 is 0. The fourth-order valence-electron chi connectivity index (χ4n) is 2.67. The van der Waals surface area contributed by atoms with Crippen LogP contribution in [0, 0.1) is 21.8 Å². The predicted octanol–water partition coefficient (Wildman–Crippen LogP) is 2.82. The maximum absolute atomic E-state index is 14.1. The van der Waals surface area contributed by atoms with Crippen molar-refractivity contribution in [3.8, 4) is 5.75 Å². The molecule has 1 aromatic carbocycles. The average Bonchev–Trinajstić information content (AvgIpc) is 2.52. The lowest BCUT2D eigenvalue weighted by Gasteiger charge is -2.27. The van der Waals surface area contributed by atoms with Gasteiger partial charge in [-0.3, -0.25) is 14.9 Å². The minimum Gasteiger partial charge on any atom is -0.487 e. The summed E-state index contributed by atoms with van der Waals surface area (Å²) in [6.45, 7) is 2.11. The molecule has 0 aromatic heterocycles. The van der Waals surface area contributed by atoms with E-state index in [9.17, 15) is 19.3 Å². The van der Waals surface area contributed by atoms with E-state index >= 15 is 0 Å². The number of anilines is 1. The molecule has 1 aliphatic rings. The molecule has 0 amide bonds. The molecule has 1 aliphatic carbocycles. The molecule has 2 N–H and O–H groups in total. The van der Waals surface area contributed by atoms with E-state index in [1.54, 1.807) is 6.92 Å². The minimum absolute atomic E-state index is 0.104. The van der Waals surface area contributed by atoms with Gasteiger partial charge in [-0.1, -0.05) is 0 Å². The van der Waals surface area contributed by atoms with Crippen molar-refractivity contribution >= 4 is 17.3 Å². The summed E-state index contributed by atoms with van der Waals surface area (Å²) in [7, 11) is 0. The highest BCUT2D eigenvalue weighted by molar-refractivity contribution is 5.72. The van der Waals surface area contributed by atoms with Crippen LogP contribution in [-0.2, 0) is 9.53 Å². The van der Waals surface area contributed by atoms with Crippen LogP contribution in [0.4, 0.5) is 15.8 Å². The number of hydrogen-bond donors (Lipinski definition) is 1. The number of nitro groups is 1. The van der Waals surface area contributed by atoms with Gasteiger partial charge in [-0.15, -0.1) is 0 Å². The van der Waals surface area contributed by atoms with Crippen LogP contribution in [-0.4, -0.2) is 23.6 Å². The van der Waals surface area contributed by atoms with E-state index in [1.807, 2.05) is 0 Å². The smallest absolute Gasteiger partial charge is 0.308 e. The number of ether oxygens (including phenoxy) is 2. The van der Waals surface area contributed by atoms with Crippen LogP contribution < -0.4 is 10.5 Å². The molecule has 0 radical (unpaired) electrons. The second kappa shape index (κ2) is 7.26. The molecule has 2 rings (SSSR count). The van der Waals surface area contributed by atoms with Crippen LogP contribution in [0.5, 0.6) is 5.75 Å². The molecule has 1 saturated carbocycles. The highest BCUT2D eigenvalue weighted by Gasteiger charge is 2.29. The largest absolute Gasteiger partial charge is 0.487 e. The van der Waals surface area contributed by atoms with Crippen LogP contribution in [0.15, 0.2) is 12.1 Å². The first kappa shape index (κ1) is 17.0. The molecule has 0 saturated heterocycles. The van der Waals surface area contributed by atoms with Crippen molar-refractivity contribution in [2.24, 2.45) is 5.92 Å². The van der Waals surface area contributed by atoms with Crippen molar-refractivity contribution in [2.45, 2.75) is 38.7 Å². The molecule has 126 valence electrons.